The molecule has 0 radical (unpaired) electrons. The van der Waals surface area contributed by atoms with Gasteiger partial charge in [0, 0.05) is 38.3 Å². The third-order valence-corrected chi connectivity index (χ3v) is 6.31. The highest BCUT2D eigenvalue weighted by molar-refractivity contribution is 7.12. The van der Waals surface area contributed by atoms with Crippen molar-refractivity contribution in [1.82, 2.24) is 10.2 Å². The van der Waals surface area contributed by atoms with Gasteiger partial charge in [0.2, 0.25) is 5.91 Å². The van der Waals surface area contributed by atoms with Gasteiger partial charge in [0.1, 0.15) is 11.8 Å². The maximum Gasteiger partial charge on any atom is 0.262 e. The van der Waals surface area contributed by atoms with Crippen molar-refractivity contribution in [2.75, 3.05) is 31.1 Å². The first-order valence-electron chi connectivity index (χ1n) is 10.3. The quantitative estimate of drug-likeness (QED) is 0.624. The number of thiophene rings is 1. The van der Waals surface area contributed by atoms with Gasteiger partial charge in [0.05, 0.1) is 4.88 Å². The highest BCUT2D eigenvalue weighted by Gasteiger charge is 2.29. The Labute approximate surface area is 185 Å². The molecule has 7 heteroatoms. The van der Waals surface area contributed by atoms with Crippen LogP contribution < -0.4 is 10.2 Å². The Bertz CT molecular complexity index is 998. The number of amides is 2. The van der Waals surface area contributed by atoms with Crippen molar-refractivity contribution >= 4 is 28.8 Å². The summed E-state index contributed by atoms with van der Waals surface area (Å²) in [6, 6.07) is 19.8. The van der Waals surface area contributed by atoms with Gasteiger partial charge in [-0.15, -0.1) is 11.3 Å². The van der Waals surface area contributed by atoms with Gasteiger partial charge in [-0.2, -0.15) is 0 Å². The van der Waals surface area contributed by atoms with Crippen molar-refractivity contribution in [2.24, 2.45) is 0 Å². The second-order valence-electron chi connectivity index (χ2n) is 7.52. The highest BCUT2D eigenvalue weighted by atomic mass is 32.1. The Balaban J connectivity index is 1.43. The molecule has 0 saturated carbocycles. The number of phenols is 1. The highest BCUT2D eigenvalue weighted by Crippen LogP contribution is 2.20. The number of phenolic OH excluding ortho intramolecular Hbond substituents is 1. The van der Waals surface area contributed by atoms with Crippen LogP contribution in [0.5, 0.6) is 5.75 Å². The van der Waals surface area contributed by atoms with E-state index in [-0.39, 0.29) is 17.6 Å². The Morgan fingerprint density at radius 1 is 0.935 bits per heavy atom. The second-order valence-corrected chi connectivity index (χ2v) is 8.47. The van der Waals surface area contributed by atoms with E-state index in [1.54, 1.807) is 18.2 Å². The summed E-state index contributed by atoms with van der Waals surface area (Å²) in [5.41, 5.74) is 2.03. The molecular weight excluding hydrogens is 410 g/mol. The molecule has 6 nitrogen and oxygen atoms in total. The van der Waals surface area contributed by atoms with Crippen LogP contribution >= 0.6 is 11.3 Å². The standard InChI is InChI=1S/C24H25N3O3S/c28-20-10-8-19(9-11-20)26-12-14-27(15-13-26)24(30)21(17-18-5-2-1-3-6-18)25-23(29)22-7-4-16-31-22/h1-11,16,21,28H,12-15,17H2,(H,25,29). The molecule has 2 amide bonds. The fourth-order valence-corrected chi connectivity index (χ4v) is 4.38. The minimum absolute atomic E-state index is 0.0564. The largest absolute Gasteiger partial charge is 0.508 e. The molecule has 1 aromatic heterocycles. The zero-order valence-electron chi connectivity index (χ0n) is 17.1. The zero-order chi connectivity index (χ0) is 21.6. The lowest BCUT2D eigenvalue weighted by molar-refractivity contribution is -0.133. The number of hydrogen-bond acceptors (Lipinski definition) is 5. The molecule has 0 spiro atoms. The fraction of sp³-hybridized carbons (Fsp3) is 0.250. The zero-order valence-corrected chi connectivity index (χ0v) is 17.9. The lowest BCUT2D eigenvalue weighted by Gasteiger charge is -2.37. The van der Waals surface area contributed by atoms with E-state index in [1.165, 1.54) is 11.3 Å². The van der Waals surface area contributed by atoms with Crippen molar-refractivity contribution in [3.63, 3.8) is 0 Å². The third kappa shape index (κ3) is 5.24. The van der Waals surface area contributed by atoms with Gasteiger partial charge in [-0.25, -0.2) is 0 Å². The van der Waals surface area contributed by atoms with E-state index in [2.05, 4.69) is 10.2 Å². The molecule has 4 rings (SSSR count). The van der Waals surface area contributed by atoms with Gasteiger partial charge >= 0.3 is 0 Å². The van der Waals surface area contributed by atoms with E-state index in [1.807, 2.05) is 58.8 Å². The van der Waals surface area contributed by atoms with Gasteiger partial charge in [-0.05, 0) is 41.3 Å². The number of anilines is 1. The molecule has 160 valence electrons. The summed E-state index contributed by atoms with van der Waals surface area (Å²) >= 11 is 1.36. The first-order valence-corrected chi connectivity index (χ1v) is 11.2. The minimum atomic E-state index is -0.614. The molecule has 3 aromatic rings. The molecular formula is C24H25N3O3S. The van der Waals surface area contributed by atoms with Gasteiger partial charge < -0.3 is 20.2 Å². The van der Waals surface area contributed by atoms with E-state index in [0.717, 1.165) is 11.3 Å². The first kappa shape index (κ1) is 20.9. The summed E-state index contributed by atoms with van der Waals surface area (Å²) in [6.07, 6.45) is 0.453. The topological polar surface area (TPSA) is 72.9 Å². The normalized spacial score (nSPS) is 14.8. The Morgan fingerprint density at radius 2 is 1.65 bits per heavy atom. The number of hydrogen-bond donors (Lipinski definition) is 2. The lowest BCUT2D eigenvalue weighted by Crippen LogP contribution is -2.55. The van der Waals surface area contributed by atoms with Gasteiger partial charge in [-0.1, -0.05) is 36.4 Å². The molecule has 1 aliphatic heterocycles. The molecule has 2 aromatic carbocycles. The number of carbonyl (C=O) groups is 2. The van der Waals surface area contributed by atoms with Gasteiger partial charge in [0.15, 0.2) is 0 Å². The van der Waals surface area contributed by atoms with Crippen LogP contribution in [0.3, 0.4) is 0 Å². The number of piperazine rings is 1. The third-order valence-electron chi connectivity index (χ3n) is 5.44. The van der Waals surface area contributed by atoms with Crippen LogP contribution in [0.15, 0.2) is 72.1 Å². The van der Waals surface area contributed by atoms with Crippen molar-refractivity contribution in [3.05, 3.63) is 82.6 Å². The molecule has 0 bridgehead atoms. The van der Waals surface area contributed by atoms with E-state index < -0.39 is 6.04 Å². The molecule has 1 unspecified atom stereocenters. The van der Waals surface area contributed by atoms with Crippen LogP contribution in [0.25, 0.3) is 0 Å². The molecule has 2 N–H and O–H groups in total. The maximum atomic E-state index is 13.4. The fourth-order valence-electron chi connectivity index (χ4n) is 3.76. The summed E-state index contributed by atoms with van der Waals surface area (Å²) in [5.74, 6) is -0.0334. The van der Waals surface area contributed by atoms with E-state index >= 15 is 0 Å². The Hall–Kier alpha value is -3.32. The number of nitrogens with zero attached hydrogens (tertiary/aromatic N) is 2. The Morgan fingerprint density at radius 3 is 2.29 bits per heavy atom. The SMILES string of the molecule is O=C(NC(Cc1ccccc1)C(=O)N1CCN(c2ccc(O)cc2)CC1)c1cccs1. The van der Waals surface area contributed by atoms with Crippen LogP contribution in [0.4, 0.5) is 5.69 Å². The van der Waals surface area contributed by atoms with E-state index in [9.17, 15) is 14.7 Å². The summed E-state index contributed by atoms with van der Waals surface area (Å²) in [6.45, 7) is 2.57. The van der Waals surface area contributed by atoms with E-state index in [0.29, 0.717) is 37.5 Å². The monoisotopic (exact) mass is 435 g/mol. The maximum absolute atomic E-state index is 13.4. The molecule has 2 heterocycles. The predicted molar refractivity (Wildman–Crippen MR) is 123 cm³/mol. The van der Waals surface area contributed by atoms with Crippen LogP contribution in [-0.2, 0) is 11.2 Å². The van der Waals surface area contributed by atoms with E-state index in [4.69, 9.17) is 0 Å². The van der Waals surface area contributed by atoms with Crippen LogP contribution in [0.2, 0.25) is 0 Å². The smallest absolute Gasteiger partial charge is 0.262 e. The van der Waals surface area contributed by atoms with Crippen LogP contribution in [-0.4, -0.2) is 54.0 Å². The number of aromatic hydroxyl groups is 1. The van der Waals surface area contributed by atoms with Crippen molar-refractivity contribution in [1.29, 1.82) is 0 Å². The average molecular weight is 436 g/mol. The van der Waals surface area contributed by atoms with Gasteiger partial charge in [-0.3, -0.25) is 9.59 Å². The van der Waals surface area contributed by atoms with Crippen molar-refractivity contribution in [2.45, 2.75) is 12.5 Å². The molecule has 1 saturated heterocycles. The molecule has 0 aliphatic carbocycles. The summed E-state index contributed by atoms with van der Waals surface area (Å²) in [4.78, 5) is 30.6. The molecule has 1 aliphatic rings. The number of rotatable bonds is 6. The lowest BCUT2D eigenvalue weighted by atomic mass is 10.0. The Kier molecular flexibility index (Phi) is 6.52. The summed E-state index contributed by atoms with van der Waals surface area (Å²) in [5, 5.41) is 14.3. The van der Waals surface area contributed by atoms with Crippen LogP contribution in [0.1, 0.15) is 15.2 Å². The second kappa shape index (κ2) is 9.66. The molecule has 1 atom stereocenters. The minimum Gasteiger partial charge on any atom is -0.508 e. The first-order chi connectivity index (χ1) is 15.1. The average Bonchev–Trinajstić information content (AvgIpc) is 3.35. The predicted octanol–water partition coefficient (Wildman–Crippen LogP) is 3.14. The molecule has 31 heavy (non-hydrogen) atoms. The number of nitrogens with one attached hydrogen (secondary N) is 1. The van der Waals surface area contributed by atoms with Crippen molar-refractivity contribution in [3.8, 4) is 5.75 Å². The number of benzene rings is 2. The summed E-state index contributed by atoms with van der Waals surface area (Å²) < 4.78 is 0. The van der Waals surface area contributed by atoms with Gasteiger partial charge in [0.25, 0.3) is 5.91 Å². The summed E-state index contributed by atoms with van der Waals surface area (Å²) in [7, 11) is 0. The van der Waals surface area contributed by atoms with Crippen LogP contribution in [0, 0.1) is 0 Å². The van der Waals surface area contributed by atoms with Crippen molar-refractivity contribution < 1.29 is 14.7 Å². The number of carbonyl (C=O) groups excluding carboxylic acids is 2. The molecule has 1 fully saturated rings.